The van der Waals surface area contributed by atoms with Gasteiger partial charge in [0.05, 0.1) is 28.5 Å². The highest BCUT2D eigenvalue weighted by Gasteiger charge is 2.35. The fraction of sp³-hybridized carbons (Fsp3) is 0.258. The summed E-state index contributed by atoms with van der Waals surface area (Å²) >= 11 is 7.24. The summed E-state index contributed by atoms with van der Waals surface area (Å²) in [5, 5.41) is 0.633. The quantitative estimate of drug-likeness (QED) is 0.198. The first-order valence-corrected chi connectivity index (χ1v) is 14.3. The van der Waals surface area contributed by atoms with Crippen molar-refractivity contribution in [2.75, 3.05) is 20.3 Å². The Balaban J connectivity index is 1.63. The average molecular weight is 593 g/mol. The van der Waals surface area contributed by atoms with Crippen LogP contribution in [0.5, 0.6) is 5.75 Å². The normalized spacial score (nSPS) is 15.2. The smallest absolute Gasteiger partial charge is 0.338 e. The molecule has 5 rings (SSSR count). The zero-order valence-corrected chi connectivity index (χ0v) is 24.6. The van der Waals surface area contributed by atoms with Crippen LogP contribution in [0.2, 0.25) is 5.02 Å². The second-order valence-electron chi connectivity index (χ2n) is 9.62. The van der Waals surface area contributed by atoms with Crippen molar-refractivity contribution in [3.63, 3.8) is 0 Å². The fourth-order valence-corrected chi connectivity index (χ4v) is 5.72. The van der Waals surface area contributed by atoms with Gasteiger partial charge < -0.3 is 18.6 Å². The Labute approximate surface area is 245 Å². The van der Waals surface area contributed by atoms with Gasteiger partial charge in [0.1, 0.15) is 29.9 Å². The Morgan fingerprint density at radius 3 is 2.61 bits per heavy atom. The third kappa shape index (κ3) is 6.07. The van der Waals surface area contributed by atoms with E-state index in [-0.39, 0.29) is 30.5 Å². The third-order valence-corrected chi connectivity index (χ3v) is 7.60. The standard InChI is InChI=1S/C31H29ClN2O6S/c1-18(2)39-25-8-6-5-7-23(25)28-27(30(36)38-16-15-37-4)19(3)33-31-34(28)29(35)26(41-31)17-22-13-14-24(40-22)20-9-11-21(32)12-10-20/h5-14,17-18,28H,15-16H2,1-4H3/b26-17+/t28-/m0/s1. The second kappa shape index (κ2) is 12.3. The molecule has 2 aromatic carbocycles. The number of hydrogen-bond donors (Lipinski definition) is 0. The van der Waals surface area contributed by atoms with E-state index in [1.54, 1.807) is 31.2 Å². The lowest BCUT2D eigenvalue weighted by atomic mass is 9.95. The molecule has 0 amide bonds. The minimum atomic E-state index is -0.806. The summed E-state index contributed by atoms with van der Waals surface area (Å²) in [5.41, 5.74) is 1.95. The summed E-state index contributed by atoms with van der Waals surface area (Å²) in [6.07, 6.45) is 1.56. The molecule has 10 heteroatoms. The lowest BCUT2D eigenvalue weighted by Crippen LogP contribution is -2.40. The lowest BCUT2D eigenvalue weighted by molar-refractivity contribution is -0.140. The van der Waals surface area contributed by atoms with Crippen molar-refractivity contribution in [3.8, 4) is 17.1 Å². The highest BCUT2D eigenvalue weighted by atomic mass is 35.5. The Kier molecular flexibility index (Phi) is 8.58. The number of thiazole rings is 1. The van der Waals surface area contributed by atoms with Crippen molar-refractivity contribution in [1.82, 2.24) is 4.57 Å². The predicted molar refractivity (Wildman–Crippen MR) is 158 cm³/mol. The molecule has 0 saturated carbocycles. The first-order chi connectivity index (χ1) is 19.8. The number of fused-ring (bicyclic) bond motifs is 1. The molecular weight excluding hydrogens is 564 g/mol. The number of aromatic nitrogens is 1. The van der Waals surface area contributed by atoms with Crippen LogP contribution in [0.25, 0.3) is 17.4 Å². The summed E-state index contributed by atoms with van der Waals surface area (Å²) in [6, 6.07) is 17.5. The van der Waals surface area contributed by atoms with Crippen LogP contribution >= 0.6 is 22.9 Å². The molecule has 3 heterocycles. The third-order valence-electron chi connectivity index (χ3n) is 6.37. The van der Waals surface area contributed by atoms with E-state index < -0.39 is 12.0 Å². The van der Waals surface area contributed by atoms with Gasteiger partial charge in [-0.25, -0.2) is 9.79 Å². The molecule has 2 aromatic heterocycles. The van der Waals surface area contributed by atoms with Crippen molar-refractivity contribution in [2.45, 2.75) is 32.9 Å². The van der Waals surface area contributed by atoms with Gasteiger partial charge in [-0.1, -0.05) is 41.1 Å². The van der Waals surface area contributed by atoms with Gasteiger partial charge in [-0.05, 0) is 63.2 Å². The molecule has 0 saturated heterocycles. The zero-order valence-electron chi connectivity index (χ0n) is 23.0. The van der Waals surface area contributed by atoms with Crippen molar-refractivity contribution in [2.24, 2.45) is 4.99 Å². The van der Waals surface area contributed by atoms with Crippen LogP contribution in [-0.4, -0.2) is 37.0 Å². The lowest BCUT2D eigenvalue weighted by Gasteiger charge is -2.27. The molecule has 0 fully saturated rings. The molecule has 0 unspecified atom stereocenters. The van der Waals surface area contributed by atoms with Gasteiger partial charge >= 0.3 is 5.97 Å². The number of hydrogen-bond acceptors (Lipinski definition) is 8. The topological polar surface area (TPSA) is 92.3 Å². The number of benzene rings is 2. The Morgan fingerprint density at radius 1 is 1.12 bits per heavy atom. The molecule has 1 aliphatic heterocycles. The Morgan fingerprint density at radius 2 is 1.88 bits per heavy atom. The Hall–Kier alpha value is -3.92. The molecule has 0 radical (unpaired) electrons. The number of para-hydroxylation sites is 1. The monoisotopic (exact) mass is 592 g/mol. The summed E-state index contributed by atoms with van der Waals surface area (Å²) < 4.78 is 24.6. The molecular formula is C31H29ClN2O6S. The average Bonchev–Trinajstić information content (AvgIpc) is 3.53. The fourth-order valence-electron chi connectivity index (χ4n) is 4.57. The van der Waals surface area contributed by atoms with Crippen LogP contribution in [0.15, 0.2) is 86.1 Å². The molecule has 0 bridgehead atoms. The number of carbonyl (C=O) groups excluding carboxylic acids is 1. The second-order valence-corrected chi connectivity index (χ2v) is 11.1. The minimum absolute atomic E-state index is 0.0713. The number of halogens is 1. The molecule has 1 atom stereocenters. The molecule has 4 aromatic rings. The van der Waals surface area contributed by atoms with Gasteiger partial charge in [0.2, 0.25) is 0 Å². The molecule has 0 aliphatic carbocycles. The summed E-state index contributed by atoms with van der Waals surface area (Å²) in [5.74, 6) is 1.16. The summed E-state index contributed by atoms with van der Waals surface area (Å²) in [6.45, 7) is 5.91. The highest BCUT2D eigenvalue weighted by Crippen LogP contribution is 2.36. The van der Waals surface area contributed by atoms with Crippen LogP contribution in [0.1, 0.15) is 38.1 Å². The molecule has 0 N–H and O–H groups in total. The van der Waals surface area contributed by atoms with Gasteiger partial charge in [-0.15, -0.1) is 0 Å². The number of methoxy groups -OCH3 is 1. The van der Waals surface area contributed by atoms with Crippen molar-refractivity contribution in [1.29, 1.82) is 0 Å². The van der Waals surface area contributed by atoms with Crippen LogP contribution < -0.4 is 19.6 Å². The maximum atomic E-state index is 14.0. The van der Waals surface area contributed by atoms with Gasteiger partial charge in [0.25, 0.3) is 5.56 Å². The van der Waals surface area contributed by atoms with Gasteiger partial charge in [0.15, 0.2) is 4.80 Å². The first kappa shape index (κ1) is 28.6. The van der Waals surface area contributed by atoms with E-state index in [1.807, 2.05) is 56.3 Å². The van der Waals surface area contributed by atoms with Crippen molar-refractivity contribution >= 4 is 35.0 Å². The van der Waals surface area contributed by atoms with E-state index >= 15 is 0 Å². The number of nitrogens with zero attached hydrogens (tertiary/aromatic N) is 2. The van der Waals surface area contributed by atoms with E-state index in [0.717, 1.165) is 5.56 Å². The van der Waals surface area contributed by atoms with Crippen molar-refractivity contribution in [3.05, 3.63) is 108 Å². The van der Waals surface area contributed by atoms with Gasteiger partial charge in [0, 0.05) is 29.3 Å². The van der Waals surface area contributed by atoms with E-state index in [9.17, 15) is 9.59 Å². The Bertz CT molecular complexity index is 1780. The summed E-state index contributed by atoms with van der Waals surface area (Å²) in [7, 11) is 1.53. The number of allylic oxidation sites excluding steroid dienone is 1. The number of esters is 1. The predicted octanol–water partition coefficient (Wildman–Crippen LogP) is 5.13. The van der Waals surface area contributed by atoms with Crippen LogP contribution in [-0.2, 0) is 14.3 Å². The number of carbonyl (C=O) groups is 1. The molecule has 1 aliphatic rings. The molecule has 41 heavy (non-hydrogen) atoms. The molecule has 0 spiro atoms. The van der Waals surface area contributed by atoms with Crippen LogP contribution in [0.3, 0.4) is 0 Å². The number of rotatable bonds is 9. The van der Waals surface area contributed by atoms with E-state index in [1.165, 1.54) is 23.0 Å². The van der Waals surface area contributed by atoms with Gasteiger partial charge in [-0.3, -0.25) is 9.36 Å². The van der Waals surface area contributed by atoms with Crippen LogP contribution in [0, 0.1) is 0 Å². The first-order valence-electron chi connectivity index (χ1n) is 13.1. The largest absolute Gasteiger partial charge is 0.491 e. The van der Waals surface area contributed by atoms with Gasteiger partial charge in [-0.2, -0.15) is 0 Å². The zero-order chi connectivity index (χ0) is 29.1. The minimum Gasteiger partial charge on any atom is -0.491 e. The van der Waals surface area contributed by atoms with Crippen LogP contribution in [0.4, 0.5) is 0 Å². The number of furan rings is 1. The molecule has 8 nitrogen and oxygen atoms in total. The van der Waals surface area contributed by atoms with E-state index in [2.05, 4.69) is 4.99 Å². The maximum absolute atomic E-state index is 14.0. The molecule has 212 valence electrons. The summed E-state index contributed by atoms with van der Waals surface area (Å²) in [4.78, 5) is 32.5. The number of ether oxygens (including phenoxy) is 3. The SMILES string of the molecule is COCCOC(=O)C1=C(C)N=c2s/c(=C/c3ccc(-c4ccc(Cl)cc4)o3)c(=O)n2[C@H]1c1ccccc1OC(C)C. The highest BCUT2D eigenvalue weighted by molar-refractivity contribution is 7.07. The van der Waals surface area contributed by atoms with Crippen molar-refractivity contribution < 1.29 is 23.4 Å². The maximum Gasteiger partial charge on any atom is 0.338 e. The van der Waals surface area contributed by atoms with E-state index in [4.69, 9.17) is 30.2 Å². The van der Waals surface area contributed by atoms with E-state index in [0.29, 0.717) is 42.9 Å².